The van der Waals surface area contributed by atoms with Crippen LogP contribution < -0.4 is 20.1 Å². The molecule has 0 radical (unpaired) electrons. The van der Waals surface area contributed by atoms with E-state index in [1.165, 1.54) is 0 Å². The molecule has 2 aromatic rings. The number of rotatable bonds is 8. The summed E-state index contributed by atoms with van der Waals surface area (Å²) in [5, 5.41) is 5.59. The zero-order valence-electron chi connectivity index (χ0n) is 15.3. The second-order valence-electron chi connectivity index (χ2n) is 5.83. The van der Waals surface area contributed by atoms with Crippen LogP contribution in [0.4, 0.5) is 5.69 Å². The summed E-state index contributed by atoms with van der Waals surface area (Å²) in [5.41, 5.74) is 2.46. The number of benzene rings is 2. The summed E-state index contributed by atoms with van der Waals surface area (Å²) in [5.74, 6) is 0.868. The number of anilines is 1. The molecule has 0 fully saturated rings. The molecule has 0 saturated heterocycles. The molecule has 0 heterocycles. The number of aryl methyl sites for hydroxylation is 1. The molecule has 0 aromatic heterocycles. The highest BCUT2D eigenvalue weighted by atomic mass is 16.5. The number of hydrogen-bond acceptors (Lipinski definition) is 4. The molecule has 0 aliphatic heterocycles. The normalized spacial score (nSPS) is 10.1. The summed E-state index contributed by atoms with van der Waals surface area (Å²) in [6, 6.07) is 13.0. The second-order valence-corrected chi connectivity index (χ2v) is 5.83. The lowest BCUT2D eigenvalue weighted by atomic mass is 10.1. The van der Waals surface area contributed by atoms with E-state index in [-0.39, 0.29) is 24.8 Å². The van der Waals surface area contributed by atoms with Crippen molar-refractivity contribution in [2.75, 3.05) is 26.1 Å². The maximum absolute atomic E-state index is 12.1. The van der Waals surface area contributed by atoms with Gasteiger partial charge in [0.2, 0.25) is 11.8 Å². The molecule has 2 amide bonds. The summed E-state index contributed by atoms with van der Waals surface area (Å²) in [6.07, 6.45) is 0.492. The first-order valence-corrected chi connectivity index (χ1v) is 8.36. The monoisotopic (exact) mass is 356 g/mol. The average Bonchev–Trinajstić information content (AvgIpc) is 2.63. The van der Waals surface area contributed by atoms with Crippen molar-refractivity contribution in [3.8, 4) is 11.5 Å². The van der Waals surface area contributed by atoms with E-state index in [0.717, 1.165) is 11.1 Å². The Bertz CT molecular complexity index is 760. The van der Waals surface area contributed by atoms with Gasteiger partial charge in [-0.1, -0.05) is 30.3 Å². The molecular weight excluding hydrogens is 332 g/mol. The van der Waals surface area contributed by atoms with E-state index >= 15 is 0 Å². The van der Waals surface area contributed by atoms with E-state index in [4.69, 9.17) is 9.47 Å². The third kappa shape index (κ3) is 5.51. The zero-order valence-corrected chi connectivity index (χ0v) is 15.3. The lowest BCUT2D eigenvalue weighted by molar-refractivity contribution is -0.120. The van der Waals surface area contributed by atoms with Gasteiger partial charge in [-0.2, -0.15) is 0 Å². The van der Waals surface area contributed by atoms with Gasteiger partial charge in [0.15, 0.2) is 11.5 Å². The average molecular weight is 356 g/mol. The summed E-state index contributed by atoms with van der Waals surface area (Å²) in [7, 11) is 3.11. The molecular formula is C20H24N2O4. The van der Waals surface area contributed by atoms with Crippen molar-refractivity contribution in [1.29, 1.82) is 0 Å². The molecule has 0 spiro atoms. The van der Waals surface area contributed by atoms with E-state index in [0.29, 0.717) is 23.6 Å². The lowest BCUT2D eigenvalue weighted by Gasteiger charge is -2.13. The fraction of sp³-hybridized carbons (Fsp3) is 0.300. The number of amides is 2. The van der Waals surface area contributed by atoms with Crippen molar-refractivity contribution in [3.63, 3.8) is 0 Å². The van der Waals surface area contributed by atoms with E-state index < -0.39 is 0 Å². The number of hydrogen-bond donors (Lipinski definition) is 2. The van der Waals surface area contributed by atoms with Gasteiger partial charge in [-0.25, -0.2) is 0 Å². The predicted octanol–water partition coefficient (Wildman–Crippen LogP) is 2.70. The van der Waals surface area contributed by atoms with Crippen LogP contribution in [0.25, 0.3) is 0 Å². The minimum Gasteiger partial charge on any atom is -0.493 e. The highest BCUT2D eigenvalue weighted by molar-refractivity contribution is 5.92. The van der Waals surface area contributed by atoms with Crippen LogP contribution >= 0.6 is 0 Å². The molecule has 0 saturated carbocycles. The maximum Gasteiger partial charge on any atom is 0.226 e. The number of nitrogens with one attached hydrogen (secondary N) is 2. The van der Waals surface area contributed by atoms with Crippen molar-refractivity contribution in [2.45, 2.75) is 19.8 Å². The highest BCUT2D eigenvalue weighted by Gasteiger charge is 2.11. The molecule has 26 heavy (non-hydrogen) atoms. The van der Waals surface area contributed by atoms with Gasteiger partial charge in [0.05, 0.1) is 20.6 Å². The van der Waals surface area contributed by atoms with Gasteiger partial charge >= 0.3 is 0 Å². The Morgan fingerprint density at radius 1 is 0.962 bits per heavy atom. The van der Waals surface area contributed by atoms with Crippen molar-refractivity contribution >= 4 is 17.5 Å². The molecule has 6 nitrogen and oxygen atoms in total. The summed E-state index contributed by atoms with van der Waals surface area (Å²) in [4.78, 5) is 24.0. The van der Waals surface area contributed by atoms with Crippen LogP contribution in [-0.4, -0.2) is 32.6 Å². The quantitative estimate of drug-likeness (QED) is 0.762. The second kappa shape index (κ2) is 9.46. The zero-order chi connectivity index (χ0) is 18.9. The van der Waals surface area contributed by atoms with Crippen molar-refractivity contribution in [3.05, 3.63) is 53.6 Å². The number of carbonyl (C=O) groups is 2. The third-order valence-electron chi connectivity index (χ3n) is 3.89. The van der Waals surface area contributed by atoms with Crippen LogP contribution in [-0.2, 0) is 16.0 Å². The van der Waals surface area contributed by atoms with Gasteiger partial charge in [-0.3, -0.25) is 9.59 Å². The number of carbonyl (C=O) groups excluding carboxylic acids is 2. The maximum atomic E-state index is 12.1. The minimum atomic E-state index is -0.180. The molecule has 2 N–H and O–H groups in total. The van der Waals surface area contributed by atoms with Crippen molar-refractivity contribution in [1.82, 2.24) is 5.32 Å². The van der Waals surface area contributed by atoms with Gasteiger partial charge < -0.3 is 20.1 Å². The van der Waals surface area contributed by atoms with Gasteiger partial charge in [0.1, 0.15) is 0 Å². The van der Waals surface area contributed by atoms with Gasteiger partial charge in [-0.15, -0.1) is 0 Å². The molecule has 2 aromatic carbocycles. The standard InChI is InChI=1S/C20H24N2O4/c1-14-11-17(25-2)18(26-3)13-16(14)22-19(23)9-10-21-20(24)12-15-7-5-4-6-8-15/h4-8,11,13H,9-10,12H2,1-3H3,(H,21,24)(H,22,23). The molecule has 0 aliphatic carbocycles. The van der Waals surface area contributed by atoms with Crippen LogP contribution in [0, 0.1) is 6.92 Å². The fourth-order valence-corrected chi connectivity index (χ4v) is 2.49. The minimum absolute atomic E-state index is 0.105. The SMILES string of the molecule is COc1cc(C)c(NC(=O)CCNC(=O)Cc2ccccc2)cc1OC. The van der Waals surface area contributed by atoms with Crippen LogP contribution in [0.2, 0.25) is 0 Å². The molecule has 6 heteroatoms. The Hall–Kier alpha value is -3.02. The lowest BCUT2D eigenvalue weighted by Crippen LogP contribution is -2.29. The van der Waals surface area contributed by atoms with Gasteiger partial charge in [0.25, 0.3) is 0 Å². The Labute approximate surface area is 153 Å². The molecule has 138 valence electrons. The van der Waals surface area contributed by atoms with Crippen LogP contribution in [0.15, 0.2) is 42.5 Å². The third-order valence-corrected chi connectivity index (χ3v) is 3.89. The van der Waals surface area contributed by atoms with Crippen molar-refractivity contribution in [2.24, 2.45) is 0 Å². The van der Waals surface area contributed by atoms with E-state index in [2.05, 4.69) is 10.6 Å². The first-order chi connectivity index (χ1) is 12.5. The Kier molecular flexibility index (Phi) is 7.02. The first kappa shape index (κ1) is 19.3. The van der Waals surface area contributed by atoms with Crippen LogP contribution in [0.5, 0.6) is 11.5 Å². The fourth-order valence-electron chi connectivity index (χ4n) is 2.49. The first-order valence-electron chi connectivity index (χ1n) is 8.36. The number of ether oxygens (including phenoxy) is 2. The molecule has 2 rings (SSSR count). The summed E-state index contributed by atoms with van der Waals surface area (Å²) in [6.45, 7) is 2.16. The largest absolute Gasteiger partial charge is 0.493 e. The topological polar surface area (TPSA) is 76.7 Å². The summed E-state index contributed by atoms with van der Waals surface area (Å²) < 4.78 is 10.5. The number of methoxy groups -OCH3 is 2. The van der Waals surface area contributed by atoms with E-state index in [1.54, 1.807) is 26.4 Å². The predicted molar refractivity (Wildman–Crippen MR) is 101 cm³/mol. The molecule has 0 bridgehead atoms. The Morgan fingerprint density at radius 2 is 1.62 bits per heavy atom. The van der Waals surface area contributed by atoms with Gasteiger partial charge in [-0.05, 0) is 24.1 Å². The van der Waals surface area contributed by atoms with Crippen LogP contribution in [0.3, 0.4) is 0 Å². The highest BCUT2D eigenvalue weighted by Crippen LogP contribution is 2.32. The van der Waals surface area contributed by atoms with Crippen LogP contribution in [0.1, 0.15) is 17.5 Å². The molecule has 0 unspecified atom stereocenters. The molecule has 0 aliphatic rings. The van der Waals surface area contributed by atoms with Gasteiger partial charge in [0, 0.05) is 24.7 Å². The van der Waals surface area contributed by atoms with E-state index in [9.17, 15) is 9.59 Å². The summed E-state index contributed by atoms with van der Waals surface area (Å²) >= 11 is 0. The van der Waals surface area contributed by atoms with E-state index in [1.807, 2.05) is 37.3 Å². The Morgan fingerprint density at radius 3 is 2.27 bits per heavy atom. The Balaban J connectivity index is 1.82. The molecule has 0 atom stereocenters. The van der Waals surface area contributed by atoms with Crippen molar-refractivity contribution < 1.29 is 19.1 Å². The smallest absolute Gasteiger partial charge is 0.226 e.